The number of nitrogens with one attached hydrogen (secondary N) is 1. The molecular formula is C21H29NO4S. The molecule has 0 amide bonds. The molecule has 1 fully saturated rings. The largest absolute Gasteiger partial charge is 0.493 e. The molecule has 2 aromatic carbocycles. The lowest BCUT2D eigenvalue weighted by Crippen LogP contribution is -2.39. The Balaban J connectivity index is 0.000000208. The zero-order valence-electron chi connectivity index (χ0n) is 16.4. The van der Waals surface area contributed by atoms with Crippen LogP contribution in [0.3, 0.4) is 0 Å². The molecule has 1 aliphatic heterocycles. The molecule has 27 heavy (non-hydrogen) atoms. The molecule has 148 valence electrons. The van der Waals surface area contributed by atoms with Crippen molar-refractivity contribution in [2.75, 3.05) is 19.7 Å². The van der Waals surface area contributed by atoms with Gasteiger partial charge in [-0.25, -0.2) is 0 Å². The van der Waals surface area contributed by atoms with Crippen LogP contribution in [0.5, 0.6) is 5.75 Å². The van der Waals surface area contributed by atoms with E-state index in [0.29, 0.717) is 5.92 Å². The molecule has 0 saturated carbocycles. The molecule has 1 saturated heterocycles. The molecule has 0 radical (unpaired) electrons. The van der Waals surface area contributed by atoms with Crippen molar-refractivity contribution >= 4 is 10.1 Å². The zero-order valence-corrected chi connectivity index (χ0v) is 17.2. The maximum Gasteiger partial charge on any atom is 0.294 e. The summed E-state index contributed by atoms with van der Waals surface area (Å²) in [6, 6.07) is 14.5. The van der Waals surface area contributed by atoms with Gasteiger partial charge in [0, 0.05) is 19.0 Å². The molecule has 0 atom stereocenters. The Labute approximate surface area is 162 Å². The van der Waals surface area contributed by atoms with Gasteiger partial charge in [0.05, 0.1) is 11.5 Å². The Morgan fingerprint density at radius 3 is 2.00 bits per heavy atom. The molecule has 0 spiro atoms. The monoisotopic (exact) mass is 391 g/mol. The van der Waals surface area contributed by atoms with Crippen LogP contribution in [-0.2, 0) is 10.1 Å². The van der Waals surface area contributed by atoms with E-state index in [1.54, 1.807) is 12.1 Å². The van der Waals surface area contributed by atoms with Gasteiger partial charge in [-0.3, -0.25) is 4.55 Å². The zero-order chi connectivity index (χ0) is 20.1. The number of ether oxygens (including phenoxy) is 1. The van der Waals surface area contributed by atoms with Crippen molar-refractivity contribution in [3.8, 4) is 5.75 Å². The lowest BCUT2D eigenvalue weighted by molar-refractivity contribution is 0.198. The maximum absolute atomic E-state index is 10.5. The summed E-state index contributed by atoms with van der Waals surface area (Å²) in [6.45, 7) is 11.4. The second kappa shape index (κ2) is 8.87. The molecule has 0 aliphatic carbocycles. The third-order valence-corrected chi connectivity index (χ3v) is 4.99. The first kappa shape index (κ1) is 21.4. The number of rotatable bonds is 4. The molecule has 0 bridgehead atoms. The normalized spacial score (nSPS) is 14.7. The van der Waals surface area contributed by atoms with Crippen LogP contribution in [0, 0.1) is 12.3 Å². The van der Waals surface area contributed by atoms with Crippen molar-refractivity contribution < 1.29 is 17.7 Å². The summed E-state index contributed by atoms with van der Waals surface area (Å²) in [4.78, 5) is -0.0666. The quantitative estimate of drug-likeness (QED) is 0.770. The molecule has 3 rings (SSSR count). The molecule has 2 N–H and O–H groups in total. The average molecular weight is 392 g/mol. The van der Waals surface area contributed by atoms with Crippen molar-refractivity contribution in [2.45, 2.75) is 38.5 Å². The van der Waals surface area contributed by atoms with Crippen LogP contribution in [-0.4, -0.2) is 32.7 Å². The van der Waals surface area contributed by atoms with E-state index in [9.17, 15) is 8.42 Å². The second-order valence-corrected chi connectivity index (χ2v) is 9.48. The van der Waals surface area contributed by atoms with E-state index in [1.807, 2.05) is 6.92 Å². The minimum atomic E-state index is -4.02. The van der Waals surface area contributed by atoms with Crippen LogP contribution in [0.1, 0.15) is 37.8 Å². The molecule has 1 heterocycles. The summed E-state index contributed by atoms with van der Waals surface area (Å²) in [6.07, 6.45) is 0. The van der Waals surface area contributed by atoms with E-state index in [2.05, 4.69) is 50.4 Å². The van der Waals surface area contributed by atoms with Gasteiger partial charge in [0.1, 0.15) is 5.75 Å². The van der Waals surface area contributed by atoms with E-state index in [0.717, 1.165) is 31.0 Å². The van der Waals surface area contributed by atoms with E-state index >= 15 is 0 Å². The summed E-state index contributed by atoms with van der Waals surface area (Å²) in [5, 5.41) is 3.29. The summed E-state index contributed by atoms with van der Waals surface area (Å²) in [5.74, 6) is 1.68. The first-order valence-corrected chi connectivity index (χ1v) is 10.5. The standard InChI is InChI=1S/C14H21NO.C7H8O3S/c1-14(2,3)10-16-13-6-4-11(5-7-13)12-8-15-9-12;1-6-2-4-7(5-3-6)11(8,9)10/h4-7,12,15H,8-10H2,1-3H3;2-5H,1H3,(H,8,9,10). The van der Waals surface area contributed by atoms with Gasteiger partial charge in [-0.15, -0.1) is 0 Å². The highest BCUT2D eigenvalue weighted by Crippen LogP contribution is 2.23. The molecule has 5 nitrogen and oxygen atoms in total. The predicted molar refractivity (Wildman–Crippen MR) is 108 cm³/mol. The van der Waals surface area contributed by atoms with Crippen molar-refractivity contribution in [1.82, 2.24) is 5.32 Å². The van der Waals surface area contributed by atoms with Gasteiger partial charge in [0.2, 0.25) is 0 Å². The fraction of sp³-hybridized carbons (Fsp3) is 0.429. The van der Waals surface area contributed by atoms with Crippen LogP contribution < -0.4 is 10.1 Å². The van der Waals surface area contributed by atoms with Crippen LogP contribution >= 0.6 is 0 Å². The van der Waals surface area contributed by atoms with Gasteiger partial charge in [0.15, 0.2) is 0 Å². The second-order valence-electron chi connectivity index (χ2n) is 8.06. The van der Waals surface area contributed by atoms with E-state index in [-0.39, 0.29) is 10.3 Å². The van der Waals surface area contributed by atoms with Crippen LogP contribution in [0.2, 0.25) is 0 Å². The first-order chi connectivity index (χ1) is 12.5. The fourth-order valence-electron chi connectivity index (χ4n) is 2.37. The van der Waals surface area contributed by atoms with Crippen LogP contribution in [0.25, 0.3) is 0 Å². The van der Waals surface area contributed by atoms with Gasteiger partial charge >= 0.3 is 0 Å². The van der Waals surface area contributed by atoms with Gasteiger partial charge in [-0.2, -0.15) is 8.42 Å². The maximum atomic E-state index is 10.5. The van der Waals surface area contributed by atoms with Gasteiger partial charge in [0.25, 0.3) is 10.1 Å². The topological polar surface area (TPSA) is 75.6 Å². The summed E-state index contributed by atoms with van der Waals surface area (Å²) in [7, 11) is -4.02. The van der Waals surface area contributed by atoms with Crippen molar-refractivity contribution in [3.63, 3.8) is 0 Å². The number of hydrogen-bond donors (Lipinski definition) is 2. The summed E-state index contributed by atoms with van der Waals surface area (Å²) < 4.78 is 35.3. The van der Waals surface area contributed by atoms with Crippen molar-refractivity contribution in [1.29, 1.82) is 0 Å². The van der Waals surface area contributed by atoms with Crippen LogP contribution in [0.15, 0.2) is 53.4 Å². The highest BCUT2D eigenvalue weighted by atomic mass is 32.2. The van der Waals surface area contributed by atoms with Gasteiger partial charge in [-0.1, -0.05) is 50.6 Å². The predicted octanol–water partition coefficient (Wildman–Crippen LogP) is 4.04. The Hall–Kier alpha value is -1.89. The summed E-state index contributed by atoms with van der Waals surface area (Å²) in [5.41, 5.74) is 2.59. The Bertz CT molecular complexity index is 818. The SMILES string of the molecule is CC(C)(C)COc1ccc(C2CNC2)cc1.Cc1ccc(S(=O)(=O)O)cc1. The molecule has 1 aliphatic rings. The highest BCUT2D eigenvalue weighted by molar-refractivity contribution is 7.85. The number of hydrogen-bond acceptors (Lipinski definition) is 4. The molecular weight excluding hydrogens is 362 g/mol. The lowest BCUT2D eigenvalue weighted by atomic mass is 9.94. The minimum Gasteiger partial charge on any atom is -0.493 e. The minimum absolute atomic E-state index is 0.0666. The lowest BCUT2D eigenvalue weighted by Gasteiger charge is -2.27. The number of benzene rings is 2. The third-order valence-electron chi connectivity index (χ3n) is 4.12. The van der Waals surface area contributed by atoms with Gasteiger partial charge < -0.3 is 10.1 Å². The van der Waals surface area contributed by atoms with Crippen molar-refractivity contribution in [3.05, 3.63) is 59.7 Å². The molecule has 6 heteroatoms. The Morgan fingerprint density at radius 1 is 1.04 bits per heavy atom. The average Bonchev–Trinajstić information content (AvgIpc) is 2.52. The van der Waals surface area contributed by atoms with Gasteiger partial charge in [-0.05, 0) is 42.2 Å². The van der Waals surface area contributed by atoms with Crippen molar-refractivity contribution in [2.24, 2.45) is 5.41 Å². The first-order valence-electron chi connectivity index (χ1n) is 9.02. The molecule has 0 aromatic heterocycles. The third kappa shape index (κ3) is 7.33. The van der Waals surface area contributed by atoms with Crippen LogP contribution in [0.4, 0.5) is 0 Å². The summed E-state index contributed by atoms with van der Waals surface area (Å²) >= 11 is 0. The highest BCUT2D eigenvalue weighted by Gasteiger charge is 2.18. The fourth-order valence-corrected chi connectivity index (χ4v) is 2.85. The molecule has 2 aromatic rings. The van der Waals surface area contributed by atoms with E-state index in [1.165, 1.54) is 17.7 Å². The Kier molecular flexibility index (Phi) is 7.03. The van der Waals surface area contributed by atoms with E-state index in [4.69, 9.17) is 9.29 Å². The molecule has 0 unspecified atom stereocenters. The smallest absolute Gasteiger partial charge is 0.294 e. The Morgan fingerprint density at radius 2 is 1.59 bits per heavy atom. The number of aryl methyl sites for hydroxylation is 1. The van der Waals surface area contributed by atoms with E-state index < -0.39 is 10.1 Å².